The van der Waals surface area contributed by atoms with E-state index in [1.165, 1.54) is 6.08 Å². The molecule has 0 aliphatic carbocycles. The van der Waals surface area contributed by atoms with E-state index in [0.29, 0.717) is 13.0 Å². The number of esters is 1. The first kappa shape index (κ1) is 19.1. The molecule has 25 heavy (non-hydrogen) atoms. The lowest BCUT2D eigenvalue weighted by Gasteiger charge is -2.20. The fourth-order valence-corrected chi connectivity index (χ4v) is 2.96. The van der Waals surface area contributed by atoms with Crippen LogP contribution in [0.2, 0.25) is 0 Å². The van der Waals surface area contributed by atoms with Gasteiger partial charge in [0, 0.05) is 16.2 Å². The van der Waals surface area contributed by atoms with Crippen molar-refractivity contribution >= 4 is 27.6 Å². The molecule has 2 rings (SSSR count). The number of halogens is 1. The third kappa shape index (κ3) is 5.94. The Labute approximate surface area is 157 Å². The molecular formula is C20H22BrNO3. The van der Waals surface area contributed by atoms with E-state index in [0.717, 1.165) is 21.5 Å². The van der Waals surface area contributed by atoms with Crippen molar-refractivity contribution in [2.24, 2.45) is 0 Å². The molecule has 1 atom stereocenters. The van der Waals surface area contributed by atoms with Crippen molar-refractivity contribution in [1.82, 2.24) is 0 Å². The number of nitrogens with one attached hydrogen (secondary N) is 1. The van der Waals surface area contributed by atoms with Gasteiger partial charge in [0.05, 0.1) is 19.8 Å². The largest absolute Gasteiger partial charge is 0.497 e. The molecule has 1 N–H and O–H groups in total. The lowest BCUT2D eigenvalue weighted by molar-refractivity contribution is -0.137. The molecule has 0 amide bonds. The molecule has 4 nitrogen and oxygen atoms in total. The first-order valence-electron chi connectivity index (χ1n) is 8.12. The minimum Gasteiger partial charge on any atom is -0.497 e. The summed E-state index contributed by atoms with van der Waals surface area (Å²) in [5.41, 5.74) is 2.10. The average molecular weight is 404 g/mol. The van der Waals surface area contributed by atoms with Crippen LogP contribution < -0.4 is 10.1 Å². The van der Waals surface area contributed by atoms with Gasteiger partial charge in [-0.1, -0.05) is 40.2 Å². The molecule has 0 spiro atoms. The highest BCUT2D eigenvalue weighted by Crippen LogP contribution is 2.29. The highest BCUT2D eigenvalue weighted by molar-refractivity contribution is 9.10. The summed E-state index contributed by atoms with van der Waals surface area (Å²) >= 11 is 3.60. The standard InChI is InChI=1S/C20H22BrNO3/c1-3-25-20(23)10-6-9-19(17-7-4-5-8-18(17)21)22-15-11-13-16(24-2)14-12-15/h4-8,10-14,19,22H,3,9H2,1-2H3/b10-6+/t19-/m0/s1. The van der Waals surface area contributed by atoms with E-state index in [-0.39, 0.29) is 12.0 Å². The fourth-order valence-electron chi connectivity index (χ4n) is 2.40. The number of ether oxygens (including phenoxy) is 2. The molecular weight excluding hydrogens is 382 g/mol. The Hall–Kier alpha value is -2.27. The monoisotopic (exact) mass is 403 g/mol. The summed E-state index contributed by atoms with van der Waals surface area (Å²) in [5, 5.41) is 3.50. The molecule has 0 heterocycles. The van der Waals surface area contributed by atoms with Crippen molar-refractivity contribution in [2.75, 3.05) is 19.0 Å². The zero-order valence-corrected chi connectivity index (χ0v) is 16.0. The summed E-state index contributed by atoms with van der Waals surface area (Å²) in [6.45, 7) is 2.17. The first-order valence-corrected chi connectivity index (χ1v) is 8.91. The van der Waals surface area contributed by atoms with Crippen LogP contribution in [0.5, 0.6) is 5.75 Å². The van der Waals surface area contributed by atoms with Gasteiger partial charge in [0.15, 0.2) is 0 Å². The summed E-state index contributed by atoms with van der Waals surface area (Å²) in [6.07, 6.45) is 3.95. The van der Waals surface area contributed by atoms with Crippen LogP contribution in [0.15, 0.2) is 65.2 Å². The highest BCUT2D eigenvalue weighted by atomic mass is 79.9. The molecule has 0 bridgehead atoms. The third-order valence-corrected chi connectivity index (χ3v) is 4.35. The van der Waals surface area contributed by atoms with Crippen molar-refractivity contribution in [3.05, 3.63) is 70.7 Å². The van der Waals surface area contributed by atoms with Crippen LogP contribution in [0, 0.1) is 0 Å². The quantitative estimate of drug-likeness (QED) is 0.490. The van der Waals surface area contributed by atoms with Gasteiger partial charge in [0.25, 0.3) is 0 Å². The van der Waals surface area contributed by atoms with E-state index in [9.17, 15) is 4.79 Å². The maximum absolute atomic E-state index is 11.5. The molecule has 0 radical (unpaired) electrons. The van der Waals surface area contributed by atoms with Gasteiger partial charge in [-0.25, -0.2) is 4.79 Å². The van der Waals surface area contributed by atoms with Crippen LogP contribution in [-0.2, 0) is 9.53 Å². The number of hydrogen-bond donors (Lipinski definition) is 1. The Bertz CT molecular complexity index is 713. The maximum Gasteiger partial charge on any atom is 0.330 e. The second kappa shape index (κ2) is 9.89. The Morgan fingerprint density at radius 2 is 1.92 bits per heavy atom. The Balaban J connectivity index is 2.16. The molecule has 5 heteroatoms. The number of carbonyl (C=O) groups is 1. The minimum absolute atomic E-state index is 0.00893. The van der Waals surface area contributed by atoms with E-state index in [4.69, 9.17) is 9.47 Å². The smallest absolute Gasteiger partial charge is 0.330 e. The van der Waals surface area contributed by atoms with E-state index in [1.54, 1.807) is 14.0 Å². The predicted molar refractivity (Wildman–Crippen MR) is 104 cm³/mol. The number of rotatable bonds is 8. The summed E-state index contributed by atoms with van der Waals surface area (Å²) in [4.78, 5) is 11.5. The van der Waals surface area contributed by atoms with Gasteiger partial charge >= 0.3 is 5.97 Å². The van der Waals surface area contributed by atoms with Crippen LogP contribution >= 0.6 is 15.9 Å². The Morgan fingerprint density at radius 1 is 1.20 bits per heavy atom. The molecule has 0 aliphatic rings. The Kier molecular flexibility index (Phi) is 7.54. The molecule has 2 aromatic rings. The summed E-state index contributed by atoms with van der Waals surface area (Å²) in [7, 11) is 1.65. The van der Waals surface area contributed by atoms with E-state index >= 15 is 0 Å². The van der Waals surface area contributed by atoms with Gasteiger partial charge < -0.3 is 14.8 Å². The third-order valence-electron chi connectivity index (χ3n) is 3.62. The van der Waals surface area contributed by atoms with E-state index < -0.39 is 0 Å². The van der Waals surface area contributed by atoms with Crippen LogP contribution in [0.4, 0.5) is 5.69 Å². The summed E-state index contributed by atoms with van der Waals surface area (Å²) < 4.78 is 11.1. The van der Waals surface area contributed by atoms with Crippen molar-refractivity contribution < 1.29 is 14.3 Å². The lowest BCUT2D eigenvalue weighted by atomic mass is 10.0. The summed E-state index contributed by atoms with van der Waals surface area (Å²) in [5.74, 6) is 0.489. The van der Waals surface area contributed by atoms with Crippen molar-refractivity contribution in [1.29, 1.82) is 0 Å². The van der Waals surface area contributed by atoms with E-state index in [1.807, 2.05) is 48.5 Å². The maximum atomic E-state index is 11.5. The van der Waals surface area contributed by atoms with Crippen LogP contribution in [0.3, 0.4) is 0 Å². The second-order valence-corrected chi connectivity index (χ2v) is 6.19. The SMILES string of the molecule is CCOC(=O)/C=C/C[C@H](Nc1ccc(OC)cc1)c1ccccc1Br. The lowest BCUT2D eigenvalue weighted by Crippen LogP contribution is -2.11. The Morgan fingerprint density at radius 3 is 2.56 bits per heavy atom. The average Bonchev–Trinajstić information content (AvgIpc) is 2.62. The van der Waals surface area contributed by atoms with Crippen molar-refractivity contribution in [3.8, 4) is 5.75 Å². The first-order chi connectivity index (χ1) is 12.1. The van der Waals surface area contributed by atoms with Gasteiger partial charge in [0.1, 0.15) is 5.75 Å². The fraction of sp³-hybridized carbons (Fsp3) is 0.250. The topological polar surface area (TPSA) is 47.6 Å². The molecule has 2 aromatic carbocycles. The number of carbonyl (C=O) groups excluding carboxylic acids is 1. The van der Waals surface area contributed by atoms with Gasteiger partial charge in [-0.05, 0) is 49.2 Å². The zero-order valence-electron chi connectivity index (χ0n) is 14.4. The van der Waals surface area contributed by atoms with Crippen LogP contribution in [0.1, 0.15) is 24.9 Å². The second-order valence-electron chi connectivity index (χ2n) is 5.34. The molecule has 0 saturated carbocycles. The van der Waals surface area contributed by atoms with E-state index in [2.05, 4.69) is 27.3 Å². The molecule has 0 aliphatic heterocycles. The molecule has 0 saturated heterocycles. The van der Waals surface area contributed by atoms with Crippen molar-refractivity contribution in [3.63, 3.8) is 0 Å². The number of anilines is 1. The number of benzene rings is 2. The van der Waals surface area contributed by atoms with Gasteiger partial charge in [0.2, 0.25) is 0 Å². The van der Waals surface area contributed by atoms with Crippen LogP contribution in [-0.4, -0.2) is 19.7 Å². The highest BCUT2D eigenvalue weighted by Gasteiger charge is 2.13. The van der Waals surface area contributed by atoms with Gasteiger partial charge in [-0.3, -0.25) is 0 Å². The summed E-state index contributed by atoms with van der Waals surface area (Å²) in [6, 6.07) is 15.8. The number of methoxy groups -OCH3 is 1. The number of hydrogen-bond acceptors (Lipinski definition) is 4. The van der Waals surface area contributed by atoms with Gasteiger partial charge in [-0.15, -0.1) is 0 Å². The molecule has 132 valence electrons. The normalized spacial score (nSPS) is 12.0. The minimum atomic E-state index is -0.321. The molecule has 0 aromatic heterocycles. The molecule has 0 fully saturated rings. The molecule has 0 unspecified atom stereocenters. The van der Waals surface area contributed by atoms with Crippen molar-refractivity contribution in [2.45, 2.75) is 19.4 Å². The van der Waals surface area contributed by atoms with Gasteiger partial charge in [-0.2, -0.15) is 0 Å². The zero-order chi connectivity index (χ0) is 18.1. The van der Waals surface area contributed by atoms with Crippen LogP contribution in [0.25, 0.3) is 0 Å². The predicted octanol–water partition coefficient (Wildman–Crippen LogP) is 5.12.